The lowest BCUT2D eigenvalue weighted by molar-refractivity contribution is 0.481. The molecule has 4 nitrogen and oxygen atoms in total. The number of halogens is 2. The summed E-state index contributed by atoms with van der Waals surface area (Å²) in [5, 5.41) is 15.2. The molecule has 1 aromatic carbocycles. The molecule has 1 aromatic rings. The monoisotopic (exact) mass is 432 g/mol. The van der Waals surface area contributed by atoms with Crippen LogP contribution in [0.25, 0.3) is 0 Å². The molecule has 1 rings (SSSR count). The minimum atomic E-state index is -0.390. The van der Waals surface area contributed by atoms with Crippen molar-refractivity contribution in [3.8, 4) is 6.07 Å². The second-order valence-corrected chi connectivity index (χ2v) is 5.18. The zero-order valence-electron chi connectivity index (χ0n) is 14.0. The number of rotatable bonds is 7. The number of nitrogens with one attached hydrogen (secondary N) is 2. The lowest BCUT2D eigenvalue weighted by Gasteiger charge is -2.16. The van der Waals surface area contributed by atoms with Crippen LogP contribution in [0.5, 0.6) is 0 Å². The first kappa shape index (κ1) is 21.6. The summed E-state index contributed by atoms with van der Waals surface area (Å²) in [6, 6.07) is 6.39. The Bertz CT molecular complexity index is 536. The van der Waals surface area contributed by atoms with Gasteiger partial charge in [-0.2, -0.15) is 5.26 Å². The standard InChI is InChI=1S/C17H25FN4.HI/c1-4-13(5-2)11-21-17(20-6-3)22-12-15-8-7-14(10-19)9-16(15)18;/h7-9,13H,4-6,11-12H2,1-3H3,(H2,20,21,22);1H. The third kappa shape index (κ3) is 7.64. The molecule has 0 aliphatic carbocycles. The summed E-state index contributed by atoms with van der Waals surface area (Å²) >= 11 is 0. The van der Waals surface area contributed by atoms with Crippen LogP contribution in [0, 0.1) is 23.1 Å². The number of benzene rings is 1. The molecule has 0 unspecified atom stereocenters. The van der Waals surface area contributed by atoms with E-state index in [0.29, 0.717) is 23.0 Å². The molecule has 0 amide bonds. The van der Waals surface area contributed by atoms with Gasteiger partial charge in [0.05, 0.1) is 18.2 Å². The van der Waals surface area contributed by atoms with Crippen molar-refractivity contribution < 1.29 is 4.39 Å². The lowest BCUT2D eigenvalue weighted by Crippen LogP contribution is -2.39. The normalized spacial score (nSPS) is 10.9. The van der Waals surface area contributed by atoms with E-state index in [1.165, 1.54) is 6.07 Å². The molecule has 0 fully saturated rings. The summed E-state index contributed by atoms with van der Waals surface area (Å²) in [6.45, 7) is 8.20. The summed E-state index contributed by atoms with van der Waals surface area (Å²) in [4.78, 5) is 4.41. The van der Waals surface area contributed by atoms with E-state index in [9.17, 15) is 4.39 Å². The van der Waals surface area contributed by atoms with Crippen molar-refractivity contribution >= 4 is 29.9 Å². The van der Waals surface area contributed by atoms with Crippen LogP contribution in [0.4, 0.5) is 4.39 Å². The molecule has 0 aliphatic rings. The van der Waals surface area contributed by atoms with Crippen LogP contribution >= 0.6 is 24.0 Å². The van der Waals surface area contributed by atoms with Crippen molar-refractivity contribution in [2.45, 2.75) is 40.2 Å². The average Bonchev–Trinajstić information content (AvgIpc) is 2.54. The highest BCUT2D eigenvalue weighted by atomic mass is 127. The molecule has 0 aliphatic heterocycles. The summed E-state index contributed by atoms with van der Waals surface area (Å²) in [6.07, 6.45) is 2.24. The first-order valence-electron chi connectivity index (χ1n) is 7.85. The van der Waals surface area contributed by atoms with Crippen molar-refractivity contribution in [2.24, 2.45) is 10.9 Å². The van der Waals surface area contributed by atoms with E-state index in [1.807, 2.05) is 13.0 Å². The predicted molar refractivity (Wildman–Crippen MR) is 103 cm³/mol. The topological polar surface area (TPSA) is 60.2 Å². The largest absolute Gasteiger partial charge is 0.357 e. The van der Waals surface area contributed by atoms with Crippen molar-refractivity contribution in [1.82, 2.24) is 10.6 Å². The lowest BCUT2D eigenvalue weighted by atomic mass is 10.0. The number of hydrogen-bond donors (Lipinski definition) is 2. The van der Waals surface area contributed by atoms with Gasteiger partial charge < -0.3 is 10.6 Å². The number of nitrogens with zero attached hydrogens (tertiary/aromatic N) is 2. The molecule has 0 spiro atoms. The Balaban J connectivity index is 0.00000484. The first-order valence-corrected chi connectivity index (χ1v) is 7.85. The molecule has 6 heteroatoms. The molecule has 0 saturated heterocycles. The van der Waals surface area contributed by atoms with Crippen LogP contribution in [0.1, 0.15) is 44.7 Å². The third-order valence-corrected chi connectivity index (χ3v) is 3.65. The smallest absolute Gasteiger partial charge is 0.191 e. The van der Waals surface area contributed by atoms with E-state index in [0.717, 1.165) is 25.9 Å². The number of aliphatic imine (C=N–C) groups is 1. The quantitative estimate of drug-likeness (QED) is 0.392. The van der Waals surface area contributed by atoms with Gasteiger partial charge in [0.2, 0.25) is 0 Å². The van der Waals surface area contributed by atoms with E-state index < -0.39 is 5.82 Å². The van der Waals surface area contributed by atoms with E-state index >= 15 is 0 Å². The molecule has 2 N–H and O–H groups in total. The van der Waals surface area contributed by atoms with Crippen LogP contribution in [0.15, 0.2) is 23.2 Å². The summed E-state index contributed by atoms with van der Waals surface area (Å²) in [7, 11) is 0. The molecule has 0 atom stereocenters. The van der Waals surface area contributed by atoms with Gasteiger partial charge >= 0.3 is 0 Å². The molecular weight excluding hydrogens is 406 g/mol. The van der Waals surface area contributed by atoms with Gasteiger partial charge in [-0.15, -0.1) is 24.0 Å². The maximum Gasteiger partial charge on any atom is 0.191 e. The molecule has 0 bridgehead atoms. The Morgan fingerprint density at radius 3 is 2.48 bits per heavy atom. The van der Waals surface area contributed by atoms with Gasteiger partial charge in [0.25, 0.3) is 0 Å². The van der Waals surface area contributed by atoms with Gasteiger partial charge in [-0.3, -0.25) is 0 Å². The Morgan fingerprint density at radius 1 is 1.26 bits per heavy atom. The molecule has 128 valence electrons. The van der Waals surface area contributed by atoms with Crippen LogP contribution in [-0.4, -0.2) is 19.0 Å². The maximum absolute atomic E-state index is 13.8. The van der Waals surface area contributed by atoms with E-state index in [4.69, 9.17) is 5.26 Å². The zero-order valence-corrected chi connectivity index (χ0v) is 16.4. The van der Waals surface area contributed by atoms with Gasteiger partial charge in [-0.1, -0.05) is 32.8 Å². The Kier molecular flexibility index (Phi) is 11.4. The molecule has 0 radical (unpaired) electrons. The average molecular weight is 432 g/mol. The number of guanidine groups is 1. The Morgan fingerprint density at radius 2 is 1.96 bits per heavy atom. The van der Waals surface area contributed by atoms with Crippen molar-refractivity contribution in [3.05, 3.63) is 35.1 Å². The fourth-order valence-corrected chi connectivity index (χ4v) is 2.07. The third-order valence-electron chi connectivity index (χ3n) is 3.65. The minimum Gasteiger partial charge on any atom is -0.357 e. The van der Waals surface area contributed by atoms with Gasteiger partial charge in [0.15, 0.2) is 5.96 Å². The van der Waals surface area contributed by atoms with Crippen LogP contribution in [0.2, 0.25) is 0 Å². The van der Waals surface area contributed by atoms with E-state index in [-0.39, 0.29) is 30.5 Å². The SMILES string of the molecule is CCNC(=NCc1ccc(C#N)cc1F)NCC(CC)CC.I. The van der Waals surface area contributed by atoms with Gasteiger partial charge in [-0.05, 0) is 25.0 Å². The van der Waals surface area contributed by atoms with Crippen molar-refractivity contribution in [3.63, 3.8) is 0 Å². The van der Waals surface area contributed by atoms with Gasteiger partial charge in [-0.25, -0.2) is 9.38 Å². The fourth-order valence-electron chi connectivity index (χ4n) is 2.07. The fraction of sp³-hybridized carbons (Fsp3) is 0.529. The minimum absolute atomic E-state index is 0. The molecule has 0 saturated carbocycles. The molecule has 0 aromatic heterocycles. The second kappa shape index (κ2) is 12.1. The predicted octanol–water partition coefficient (Wildman–Crippen LogP) is 3.81. The van der Waals surface area contributed by atoms with Gasteiger partial charge in [0, 0.05) is 18.7 Å². The van der Waals surface area contributed by atoms with Crippen molar-refractivity contribution in [2.75, 3.05) is 13.1 Å². The Labute approximate surface area is 155 Å². The van der Waals surface area contributed by atoms with Crippen LogP contribution in [0.3, 0.4) is 0 Å². The highest BCUT2D eigenvalue weighted by Crippen LogP contribution is 2.11. The molecule has 0 heterocycles. The highest BCUT2D eigenvalue weighted by molar-refractivity contribution is 14.0. The number of hydrogen-bond acceptors (Lipinski definition) is 2. The highest BCUT2D eigenvalue weighted by Gasteiger charge is 2.06. The van der Waals surface area contributed by atoms with E-state index in [2.05, 4.69) is 29.5 Å². The molecule has 23 heavy (non-hydrogen) atoms. The Hall–Kier alpha value is -1.36. The summed E-state index contributed by atoms with van der Waals surface area (Å²) < 4.78 is 13.8. The molecular formula is C17H26FIN4. The summed E-state index contributed by atoms with van der Waals surface area (Å²) in [5.41, 5.74) is 0.808. The maximum atomic E-state index is 13.8. The summed E-state index contributed by atoms with van der Waals surface area (Å²) in [5.74, 6) is 0.910. The van der Waals surface area contributed by atoms with Crippen molar-refractivity contribution in [1.29, 1.82) is 5.26 Å². The first-order chi connectivity index (χ1) is 10.6. The van der Waals surface area contributed by atoms with E-state index in [1.54, 1.807) is 12.1 Å². The van der Waals surface area contributed by atoms with Crippen LogP contribution in [-0.2, 0) is 6.54 Å². The van der Waals surface area contributed by atoms with Crippen LogP contribution < -0.4 is 10.6 Å². The van der Waals surface area contributed by atoms with Gasteiger partial charge in [0.1, 0.15) is 5.82 Å². The number of nitriles is 1. The zero-order chi connectivity index (χ0) is 16.4. The second-order valence-electron chi connectivity index (χ2n) is 5.18.